The van der Waals surface area contributed by atoms with E-state index in [0.717, 1.165) is 17.5 Å². The summed E-state index contributed by atoms with van der Waals surface area (Å²) in [6, 6.07) is 17.9. The third-order valence-corrected chi connectivity index (χ3v) is 4.86. The van der Waals surface area contributed by atoms with Gasteiger partial charge in [-0.3, -0.25) is 4.79 Å². The summed E-state index contributed by atoms with van der Waals surface area (Å²) < 4.78 is 0. The third kappa shape index (κ3) is 2.32. The van der Waals surface area contributed by atoms with Crippen LogP contribution in [0.4, 0.5) is 0 Å². The van der Waals surface area contributed by atoms with Gasteiger partial charge in [-0.1, -0.05) is 54.6 Å². The van der Waals surface area contributed by atoms with E-state index in [9.17, 15) is 9.90 Å². The summed E-state index contributed by atoms with van der Waals surface area (Å²) >= 11 is 0. The molecule has 0 bridgehead atoms. The molecule has 2 aliphatic rings. The topological polar surface area (TPSA) is 49.3 Å². The van der Waals surface area contributed by atoms with Crippen molar-refractivity contribution in [1.82, 2.24) is 5.32 Å². The van der Waals surface area contributed by atoms with Gasteiger partial charge in [0, 0.05) is 12.3 Å². The maximum absolute atomic E-state index is 12.5. The van der Waals surface area contributed by atoms with E-state index in [-0.39, 0.29) is 17.9 Å². The van der Waals surface area contributed by atoms with E-state index in [1.54, 1.807) is 0 Å². The highest BCUT2D eigenvalue weighted by atomic mass is 16.3. The van der Waals surface area contributed by atoms with Gasteiger partial charge in [-0.25, -0.2) is 0 Å². The first-order chi connectivity index (χ1) is 10.7. The zero-order valence-corrected chi connectivity index (χ0v) is 12.3. The fourth-order valence-electron chi connectivity index (χ4n) is 3.56. The molecule has 1 amide bonds. The zero-order valence-electron chi connectivity index (χ0n) is 12.3. The van der Waals surface area contributed by atoms with Crippen molar-refractivity contribution in [2.45, 2.75) is 30.9 Å². The Hall–Kier alpha value is -2.13. The number of carbonyl (C=O) groups is 1. The summed E-state index contributed by atoms with van der Waals surface area (Å²) in [5.41, 5.74) is 3.42. The van der Waals surface area contributed by atoms with Gasteiger partial charge in [-0.2, -0.15) is 0 Å². The highest BCUT2D eigenvalue weighted by Crippen LogP contribution is 2.48. The molecular weight excluding hydrogens is 274 g/mol. The molecule has 2 aliphatic carbocycles. The van der Waals surface area contributed by atoms with Gasteiger partial charge in [0.1, 0.15) is 0 Å². The largest absolute Gasteiger partial charge is 0.390 e. The highest BCUT2D eigenvalue weighted by molar-refractivity contribution is 5.83. The van der Waals surface area contributed by atoms with Gasteiger partial charge in [0.2, 0.25) is 5.91 Å². The lowest BCUT2D eigenvalue weighted by atomic mass is 10.1. The number of rotatable bonds is 3. The summed E-state index contributed by atoms with van der Waals surface area (Å²) in [5.74, 6) is 0.437. The van der Waals surface area contributed by atoms with Crippen LogP contribution in [0.5, 0.6) is 0 Å². The van der Waals surface area contributed by atoms with E-state index in [1.165, 1.54) is 5.56 Å². The molecule has 0 heterocycles. The Morgan fingerprint density at radius 3 is 2.59 bits per heavy atom. The highest BCUT2D eigenvalue weighted by Gasteiger charge is 2.45. The first kappa shape index (κ1) is 13.5. The van der Waals surface area contributed by atoms with Crippen molar-refractivity contribution >= 4 is 5.91 Å². The lowest BCUT2D eigenvalue weighted by Crippen LogP contribution is -2.35. The number of hydrogen-bond donors (Lipinski definition) is 2. The molecule has 4 atom stereocenters. The SMILES string of the molecule is O=C(NC1c2ccccc2CC1O)C1CC1c1ccccc1. The third-order valence-electron chi connectivity index (χ3n) is 4.86. The molecule has 1 saturated carbocycles. The summed E-state index contributed by atoms with van der Waals surface area (Å²) in [6.07, 6.45) is 1.00. The molecule has 0 saturated heterocycles. The van der Waals surface area contributed by atoms with Crippen molar-refractivity contribution in [2.24, 2.45) is 5.92 Å². The molecule has 2 aromatic carbocycles. The van der Waals surface area contributed by atoms with Crippen LogP contribution in [0.15, 0.2) is 54.6 Å². The predicted octanol–water partition coefficient (Wildman–Crippen LogP) is 2.56. The van der Waals surface area contributed by atoms with Gasteiger partial charge in [0.15, 0.2) is 0 Å². The number of aliphatic hydroxyl groups is 1. The van der Waals surface area contributed by atoms with Gasteiger partial charge in [0.25, 0.3) is 0 Å². The van der Waals surface area contributed by atoms with Gasteiger partial charge >= 0.3 is 0 Å². The van der Waals surface area contributed by atoms with Crippen LogP contribution in [0.2, 0.25) is 0 Å². The maximum Gasteiger partial charge on any atom is 0.224 e. The average molecular weight is 293 g/mol. The number of nitrogens with one attached hydrogen (secondary N) is 1. The average Bonchev–Trinajstić information content (AvgIpc) is 3.29. The predicted molar refractivity (Wildman–Crippen MR) is 84.3 cm³/mol. The van der Waals surface area contributed by atoms with Crippen molar-refractivity contribution in [2.75, 3.05) is 0 Å². The normalized spacial score (nSPS) is 29.0. The van der Waals surface area contributed by atoms with E-state index in [0.29, 0.717) is 12.3 Å². The Bertz CT molecular complexity index is 698. The Morgan fingerprint density at radius 2 is 1.77 bits per heavy atom. The second-order valence-electron chi connectivity index (χ2n) is 6.32. The Kier molecular flexibility index (Phi) is 3.23. The fourth-order valence-corrected chi connectivity index (χ4v) is 3.56. The summed E-state index contributed by atoms with van der Waals surface area (Å²) in [5, 5.41) is 13.3. The van der Waals surface area contributed by atoms with Crippen LogP contribution in [0.25, 0.3) is 0 Å². The van der Waals surface area contributed by atoms with Gasteiger partial charge < -0.3 is 10.4 Å². The van der Waals surface area contributed by atoms with Crippen molar-refractivity contribution in [3.8, 4) is 0 Å². The summed E-state index contributed by atoms with van der Waals surface area (Å²) in [4.78, 5) is 12.5. The number of aliphatic hydroxyl groups excluding tert-OH is 1. The standard InChI is InChI=1S/C19H19NO2/c21-17-10-13-8-4-5-9-14(13)18(17)20-19(22)16-11-15(16)12-6-2-1-3-7-12/h1-9,15-18,21H,10-11H2,(H,20,22). The Labute approximate surface area is 130 Å². The fraction of sp³-hybridized carbons (Fsp3) is 0.316. The molecule has 0 spiro atoms. The number of amides is 1. The lowest BCUT2D eigenvalue weighted by molar-refractivity contribution is -0.123. The molecule has 22 heavy (non-hydrogen) atoms. The first-order valence-corrected chi connectivity index (χ1v) is 7.85. The summed E-state index contributed by atoms with van der Waals surface area (Å²) in [6.45, 7) is 0. The number of fused-ring (bicyclic) bond motifs is 1. The molecule has 4 unspecified atom stereocenters. The van der Waals surface area contributed by atoms with Crippen LogP contribution in [0, 0.1) is 5.92 Å². The lowest BCUT2D eigenvalue weighted by Gasteiger charge is -2.18. The molecule has 1 fully saturated rings. The van der Waals surface area contributed by atoms with Gasteiger partial charge in [-0.15, -0.1) is 0 Å². The van der Waals surface area contributed by atoms with Gasteiger partial charge in [-0.05, 0) is 29.0 Å². The molecule has 0 radical (unpaired) electrons. The molecule has 2 aromatic rings. The molecule has 2 N–H and O–H groups in total. The molecule has 4 rings (SSSR count). The second-order valence-corrected chi connectivity index (χ2v) is 6.32. The number of benzene rings is 2. The molecule has 3 nitrogen and oxygen atoms in total. The van der Waals surface area contributed by atoms with Crippen molar-refractivity contribution in [3.05, 3.63) is 71.3 Å². The van der Waals surface area contributed by atoms with E-state index in [2.05, 4.69) is 17.4 Å². The maximum atomic E-state index is 12.5. The van der Waals surface area contributed by atoms with Crippen LogP contribution in [-0.4, -0.2) is 17.1 Å². The van der Waals surface area contributed by atoms with Gasteiger partial charge in [0.05, 0.1) is 12.1 Å². The molecular formula is C19H19NO2. The quantitative estimate of drug-likeness (QED) is 0.914. The first-order valence-electron chi connectivity index (χ1n) is 7.85. The van der Waals surface area contributed by atoms with E-state index >= 15 is 0 Å². The minimum atomic E-state index is -0.518. The van der Waals surface area contributed by atoms with E-state index in [4.69, 9.17) is 0 Å². The van der Waals surface area contributed by atoms with Crippen LogP contribution in [0.3, 0.4) is 0 Å². The molecule has 112 valence electrons. The van der Waals surface area contributed by atoms with Crippen LogP contribution < -0.4 is 5.32 Å². The van der Waals surface area contributed by atoms with Crippen LogP contribution in [0.1, 0.15) is 35.1 Å². The smallest absolute Gasteiger partial charge is 0.224 e. The molecule has 0 aliphatic heterocycles. The zero-order chi connectivity index (χ0) is 15.1. The van der Waals surface area contributed by atoms with Crippen LogP contribution >= 0.6 is 0 Å². The number of hydrogen-bond acceptors (Lipinski definition) is 2. The van der Waals surface area contributed by atoms with E-state index < -0.39 is 6.10 Å². The summed E-state index contributed by atoms with van der Waals surface area (Å²) in [7, 11) is 0. The second kappa shape index (κ2) is 5.25. The molecule has 0 aromatic heterocycles. The Morgan fingerprint density at radius 1 is 1.05 bits per heavy atom. The minimum absolute atomic E-state index is 0.0439. The van der Waals surface area contributed by atoms with Crippen molar-refractivity contribution in [1.29, 1.82) is 0 Å². The Balaban J connectivity index is 1.46. The monoisotopic (exact) mass is 293 g/mol. The van der Waals surface area contributed by atoms with Crippen molar-refractivity contribution < 1.29 is 9.90 Å². The molecule has 3 heteroatoms. The van der Waals surface area contributed by atoms with Crippen LogP contribution in [-0.2, 0) is 11.2 Å². The number of carbonyl (C=O) groups excluding carboxylic acids is 1. The minimum Gasteiger partial charge on any atom is -0.390 e. The van der Waals surface area contributed by atoms with E-state index in [1.807, 2.05) is 42.5 Å². The van der Waals surface area contributed by atoms with Crippen molar-refractivity contribution in [3.63, 3.8) is 0 Å².